The molecule has 3 rings (SSSR count). The van der Waals surface area contributed by atoms with Crippen molar-refractivity contribution >= 4 is 28.2 Å². The molecule has 0 amide bonds. The molecular formula is C18H23ClN2. The second-order valence-corrected chi connectivity index (χ2v) is 6.91. The Labute approximate surface area is 131 Å². The van der Waals surface area contributed by atoms with Crippen LogP contribution in [-0.2, 0) is 0 Å². The third kappa shape index (κ3) is 3.16. The molecule has 2 atom stereocenters. The van der Waals surface area contributed by atoms with Crippen molar-refractivity contribution in [1.29, 1.82) is 0 Å². The number of fused-ring (bicyclic) bond motifs is 1. The summed E-state index contributed by atoms with van der Waals surface area (Å²) in [6.45, 7) is 4.68. The highest BCUT2D eigenvalue weighted by molar-refractivity contribution is 6.35. The fraction of sp³-hybridized carbons (Fsp3) is 0.500. The Kier molecular flexibility index (Phi) is 4.34. The van der Waals surface area contributed by atoms with Crippen LogP contribution in [-0.4, -0.2) is 11.0 Å². The van der Waals surface area contributed by atoms with E-state index in [1.165, 1.54) is 25.7 Å². The lowest BCUT2D eigenvalue weighted by atomic mass is 9.79. The van der Waals surface area contributed by atoms with Gasteiger partial charge in [-0.15, -0.1) is 0 Å². The van der Waals surface area contributed by atoms with Crippen molar-refractivity contribution in [2.75, 3.05) is 5.32 Å². The van der Waals surface area contributed by atoms with E-state index < -0.39 is 0 Å². The maximum atomic E-state index is 6.25. The Morgan fingerprint density at radius 1 is 1.24 bits per heavy atom. The van der Waals surface area contributed by atoms with Gasteiger partial charge in [0.25, 0.3) is 0 Å². The van der Waals surface area contributed by atoms with E-state index in [0.717, 1.165) is 33.4 Å². The van der Waals surface area contributed by atoms with Crippen molar-refractivity contribution in [3.63, 3.8) is 0 Å². The Hall–Kier alpha value is -1.28. The van der Waals surface area contributed by atoms with Crippen LogP contribution in [0, 0.1) is 11.8 Å². The lowest BCUT2D eigenvalue weighted by Crippen LogP contribution is -2.29. The van der Waals surface area contributed by atoms with Gasteiger partial charge in [0, 0.05) is 23.3 Å². The number of halogens is 1. The molecule has 0 radical (unpaired) electrons. The van der Waals surface area contributed by atoms with Gasteiger partial charge in [0.2, 0.25) is 0 Å². The third-order valence-corrected chi connectivity index (χ3v) is 5.04. The smallest absolute Gasteiger partial charge is 0.0908 e. The van der Waals surface area contributed by atoms with Crippen LogP contribution in [0.5, 0.6) is 0 Å². The zero-order chi connectivity index (χ0) is 14.8. The van der Waals surface area contributed by atoms with Crippen LogP contribution in [0.25, 0.3) is 10.9 Å². The van der Waals surface area contributed by atoms with Crippen LogP contribution in [0.1, 0.15) is 39.5 Å². The molecule has 1 aromatic heterocycles. The predicted molar refractivity (Wildman–Crippen MR) is 91.0 cm³/mol. The van der Waals surface area contributed by atoms with E-state index in [2.05, 4.69) is 36.3 Å². The summed E-state index contributed by atoms with van der Waals surface area (Å²) in [7, 11) is 0. The summed E-state index contributed by atoms with van der Waals surface area (Å²) >= 11 is 6.25. The molecule has 0 saturated heterocycles. The van der Waals surface area contributed by atoms with Gasteiger partial charge >= 0.3 is 0 Å². The SMILES string of the molecule is CC(C)C1CCCC(Nc2ccc(Cl)c3ncccc23)C1. The number of nitrogens with one attached hydrogen (secondary N) is 1. The zero-order valence-electron chi connectivity index (χ0n) is 12.8. The second-order valence-electron chi connectivity index (χ2n) is 6.51. The molecular weight excluding hydrogens is 280 g/mol. The van der Waals surface area contributed by atoms with Gasteiger partial charge in [-0.3, -0.25) is 4.98 Å². The molecule has 0 spiro atoms. The molecule has 0 bridgehead atoms. The fourth-order valence-electron chi connectivity index (χ4n) is 3.45. The van der Waals surface area contributed by atoms with Gasteiger partial charge in [-0.1, -0.05) is 38.3 Å². The van der Waals surface area contributed by atoms with E-state index >= 15 is 0 Å². The van der Waals surface area contributed by atoms with Gasteiger partial charge in [-0.2, -0.15) is 0 Å². The van der Waals surface area contributed by atoms with E-state index in [4.69, 9.17) is 11.6 Å². The predicted octanol–water partition coefficient (Wildman–Crippen LogP) is 5.51. The summed E-state index contributed by atoms with van der Waals surface area (Å²) in [6.07, 6.45) is 7.02. The average Bonchev–Trinajstić information content (AvgIpc) is 2.51. The minimum atomic E-state index is 0.565. The summed E-state index contributed by atoms with van der Waals surface area (Å²) in [5.74, 6) is 1.62. The van der Waals surface area contributed by atoms with Gasteiger partial charge in [0.15, 0.2) is 0 Å². The molecule has 2 aromatic rings. The summed E-state index contributed by atoms with van der Waals surface area (Å²) < 4.78 is 0. The topological polar surface area (TPSA) is 24.9 Å². The molecule has 1 saturated carbocycles. The summed E-state index contributed by atoms with van der Waals surface area (Å²) in [5.41, 5.74) is 2.05. The summed E-state index contributed by atoms with van der Waals surface area (Å²) in [5, 5.41) is 5.58. The molecule has 2 nitrogen and oxygen atoms in total. The highest BCUT2D eigenvalue weighted by atomic mass is 35.5. The quantitative estimate of drug-likeness (QED) is 0.808. The maximum Gasteiger partial charge on any atom is 0.0908 e. The van der Waals surface area contributed by atoms with Crippen LogP contribution in [0.4, 0.5) is 5.69 Å². The van der Waals surface area contributed by atoms with Crippen LogP contribution in [0.15, 0.2) is 30.5 Å². The van der Waals surface area contributed by atoms with Crippen molar-refractivity contribution in [3.8, 4) is 0 Å². The number of nitrogens with zero attached hydrogens (tertiary/aromatic N) is 1. The van der Waals surface area contributed by atoms with Crippen LogP contribution in [0.3, 0.4) is 0 Å². The molecule has 1 N–H and O–H groups in total. The highest BCUT2D eigenvalue weighted by Gasteiger charge is 2.24. The second kappa shape index (κ2) is 6.23. The summed E-state index contributed by atoms with van der Waals surface area (Å²) in [6, 6.07) is 8.67. The van der Waals surface area contributed by atoms with Crippen molar-refractivity contribution in [3.05, 3.63) is 35.5 Å². The van der Waals surface area contributed by atoms with E-state index in [9.17, 15) is 0 Å². The molecule has 1 aliphatic rings. The number of hydrogen-bond donors (Lipinski definition) is 1. The molecule has 1 aromatic carbocycles. The number of pyridine rings is 1. The highest BCUT2D eigenvalue weighted by Crippen LogP contribution is 2.34. The number of aromatic nitrogens is 1. The van der Waals surface area contributed by atoms with Crippen LogP contribution in [0.2, 0.25) is 5.02 Å². The molecule has 0 aliphatic heterocycles. The average molecular weight is 303 g/mol. The summed E-state index contributed by atoms with van der Waals surface area (Å²) in [4.78, 5) is 4.41. The molecule has 2 unspecified atom stereocenters. The van der Waals surface area contributed by atoms with Crippen LogP contribution >= 0.6 is 11.6 Å². The largest absolute Gasteiger partial charge is 0.382 e. The van der Waals surface area contributed by atoms with Gasteiger partial charge in [0.05, 0.1) is 10.5 Å². The first kappa shape index (κ1) is 14.6. The maximum absolute atomic E-state index is 6.25. The van der Waals surface area contributed by atoms with E-state index in [-0.39, 0.29) is 0 Å². The molecule has 3 heteroatoms. The Morgan fingerprint density at radius 3 is 2.90 bits per heavy atom. The fourth-order valence-corrected chi connectivity index (χ4v) is 3.66. The zero-order valence-corrected chi connectivity index (χ0v) is 13.5. The lowest BCUT2D eigenvalue weighted by molar-refractivity contribution is 0.264. The van der Waals surface area contributed by atoms with Gasteiger partial charge < -0.3 is 5.32 Å². The minimum Gasteiger partial charge on any atom is -0.382 e. The number of anilines is 1. The van der Waals surface area contributed by atoms with Crippen molar-refractivity contribution in [1.82, 2.24) is 4.98 Å². The molecule has 1 heterocycles. The number of hydrogen-bond acceptors (Lipinski definition) is 2. The van der Waals surface area contributed by atoms with Gasteiger partial charge in [-0.05, 0) is 48.9 Å². The number of rotatable bonds is 3. The molecule has 1 aliphatic carbocycles. The first-order valence-electron chi connectivity index (χ1n) is 7.95. The standard InChI is InChI=1S/C18H23ClN2/c1-12(2)13-5-3-6-14(11-13)21-17-9-8-16(19)18-15(17)7-4-10-20-18/h4,7-10,12-14,21H,3,5-6,11H2,1-2H3. The Balaban J connectivity index is 1.83. The van der Waals surface area contributed by atoms with E-state index in [1.54, 1.807) is 6.20 Å². The van der Waals surface area contributed by atoms with Crippen molar-refractivity contribution in [2.24, 2.45) is 11.8 Å². The Bertz CT molecular complexity index is 624. The van der Waals surface area contributed by atoms with Gasteiger partial charge in [-0.25, -0.2) is 0 Å². The molecule has 1 fully saturated rings. The monoisotopic (exact) mass is 302 g/mol. The minimum absolute atomic E-state index is 0.565. The lowest BCUT2D eigenvalue weighted by Gasteiger charge is -2.33. The molecule has 21 heavy (non-hydrogen) atoms. The van der Waals surface area contributed by atoms with E-state index in [1.807, 2.05) is 12.1 Å². The van der Waals surface area contributed by atoms with Crippen LogP contribution < -0.4 is 5.32 Å². The van der Waals surface area contributed by atoms with Gasteiger partial charge in [0.1, 0.15) is 0 Å². The first-order valence-corrected chi connectivity index (χ1v) is 8.32. The first-order chi connectivity index (χ1) is 10.1. The molecule has 112 valence electrons. The third-order valence-electron chi connectivity index (χ3n) is 4.74. The normalized spacial score (nSPS) is 22.7. The Morgan fingerprint density at radius 2 is 2.10 bits per heavy atom. The van der Waals surface area contributed by atoms with Crippen molar-refractivity contribution in [2.45, 2.75) is 45.6 Å². The van der Waals surface area contributed by atoms with E-state index in [0.29, 0.717) is 6.04 Å². The number of benzene rings is 1. The van der Waals surface area contributed by atoms with Crippen molar-refractivity contribution < 1.29 is 0 Å².